The first kappa shape index (κ1) is 18.6. The zero-order valence-corrected chi connectivity index (χ0v) is 14.2. The number of benzene rings is 1. The van der Waals surface area contributed by atoms with E-state index in [4.69, 9.17) is 4.74 Å². The van der Waals surface area contributed by atoms with Gasteiger partial charge in [-0.05, 0) is 30.9 Å². The molecule has 0 saturated heterocycles. The van der Waals surface area contributed by atoms with Gasteiger partial charge in [0.25, 0.3) is 0 Å². The molecule has 0 radical (unpaired) electrons. The predicted molar refractivity (Wildman–Crippen MR) is 86.7 cm³/mol. The van der Waals surface area contributed by atoms with Crippen molar-refractivity contribution in [1.29, 1.82) is 0 Å². The maximum Gasteiger partial charge on any atom is 0.416 e. The van der Waals surface area contributed by atoms with Crippen LogP contribution in [0.3, 0.4) is 0 Å². The summed E-state index contributed by atoms with van der Waals surface area (Å²) in [4.78, 5) is 25.9. The van der Waals surface area contributed by atoms with Gasteiger partial charge in [-0.25, -0.2) is 4.79 Å². The fourth-order valence-corrected chi connectivity index (χ4v) is 2.86. The minimum atomic E-state index is -4.54. The van der Waals surface area contributed by atoms with Crippen molar-refractivity contribution in [2.75, 3.05) is 23.5 Å². The Morgan fingerprint density at radius 1 is 1.42 bits per heavy atom. The highest BCUT2D eigenvalue weighted by atomic mass is 32.2. The summed E-state index contributed by atoms with van der Waals surface area (Å²) in [5.74, 6) is 0.228. The summed E-state index contributed by atoms with van der Waals surface area (Å²) in [7, 11) is 0. The number of fused-ring (bicyclic) bond motifs is 1. The monoisotopic (exact) mass is 361 g/mol. The summed E-state index contributed by atoms with van der Waals surface area (Å²) < 4.78 is 43.8. The van der Waals surface area contributed by atoms with Gasteiger partial charge in [0.1, 0.15) is 6.61 Å². The van der Waals surface area contributed by atoms with E-state index in [2.05, 4.69) is 0 Å². The number of carbonyl (C=O) groups is 2. The first-order chi connectivity index (χ1) is 11.3. The van der Waals surface area contributed by atoms with Gasteiger partial charge in [-0.15, -0.1) is 0 Å². The van der Waals surface area contributed by atoms with Crippen molar-refractivity contribution in [3.63, 3.8) is 0 Å². The van der Waals surface area contributed by atoms with E-state index in [-0.39, 0.29) is 24.3 Å². The van der Waals surface area contributed by atoms with Crippen LogP contribution in [0.5, 0.6) is 0 Å². The SMILES string of the molecule is CC[C@@H]1CC(=O)c2cc(C(F)(F)F)ccc2N1C(=O)OCCSC. The van der Waals surface area contributed by atoms with Crippen molar-refractivity contribution in [3.8, 4) is 0 Å². The maximum atomic E-state index is 12.9. The number of rotatable bonds is 4. The van der Waals surface area contributed by atoms with Gasteiger partial charge in [-0.1, -0.05) is 6.92 Å². The van der Waals surface area contributed by atoms with E-state index in [1.165, 1.54) is 22.7 Å². The molecule has 2 rings (SSSR count). The Morgan fingerprint density at radius 2 is 2.12 bits per heavy atom. The molecule has 1 amide bonds. The van der Waals surface area contributed by atoms with E-state index in [0.717, 1.165) is 12.1 Å². The highest BCUT2D eigenvalue weighted by Crippen LogP contribution is 2.37. The van der Waals surface area contributed by atoms with E-state index < -0.39 is 29.7 Å². The Morgan fingerprint density at radius 3 is 2.71 bits per heavy atom. The minimum Gasteiger partial charge on any atom is -0.448 e. The molecule has 0 unspecified atom stereocenters. The Balaban J connectivity index is 2.39. The van der Waals surface area contributed by atoms with E-state index in [9.17, 15) is 22.8 Å². The number of hydrogen-bond acceptors (Lipinski definition) is 4. The first-order valence-corrected chi connectivity index (χ1v) is 8.88. The van der Waals surface area contributed by atoms with Gasteiger partial charge in [0.2, 0.25) is 0 Å². The highest BCUT2D eigenvalue weighted by molar-refractivity contribution is 7.98. The van der Waals surface area contributed by atoms with Crippen LogP contribution in [-0.4, -0.2) is 36.5 Å². The van der Waals surface area contributed by atoms with Crippen LogP contribution in [0.1, 0.15) is 35.7 Å². The summed E-state index contributed by atoms with van der Waals surface area (Å²) in [6.45, 7) is 2.02. The molecule has 132 valence electrons. The van der Waals surface area contributed by atoms with Crippen LogP contribution in [0.2, 0.25) is 0 Å². The van der Waals surface area contributed by atoms with Crippen LogP contribution in [0.15, 0.2) is 18.2 Å². The van der Waals surface area contributed by atoms with E-state index >= 15 is 0 Å². The molecule has 0 aromatic heterocycles. The Kier molecular flexibility index (Phi) is 5.79. The Labute approximate surface area is 142 Å². The summed E-state index contributed by atoms with van der Waals surface area (Å²) >= 11 is 1.51. The van der Waals surface area contributed by atoms with Crippen LogP contribution in [0.25, 0.3) is 0 Å². The number of Topliss-reactive ketones (excluding diaryl/α,β-unsaturated/α-hetero) is 1. The highest BCUT2D eigenvalue weighted by Gasteiger charge is 2.38. The van der Waals surface area contributed by atoms with Gasteiger partial charge >= 0.3 is 12.3 Å². The molecule has 24 heavy (non-hydrogen) atoms. The fraction of sp³-hybridized carbons (Fsp3) is 0.500. The Hall–Kier alpha value is -1.70. The van der Waals surface area contributed by atoms with Crippen LogP contribution in [-0.2, 0) is 10.9 Å². The molecule has 1 heterocycles. The molecule has 0 N–H and O–H groups in total. The number of hydrogen-bond donors (Lipinski definition) is 0. The van der Waals surface area contributed by atoms with Crippen LogP contribution in [0, 0.1) is 0 Å². The van der Waals surface area contributed by atoms with Crippen molar-refractivity contribution >= 4 is 29.3 Å². The average molecular weight is 361 g/mol. The molecular formula is C16H18F3NO3S. The lowest BCUT2D eigenvalue weighted by Gasteiger charge is -2.35. The zero-order chi connectivity index (χ0) is 17.9. The number of ketones is 1. The molecule has 0 bridgehead atoms. The van der Waals surface area contributed by atoms with Gasteiger partial charge in [0.05, 0.1) is 11.3 Å². The number of amides is 1. The number of ether oxygens (including phenoxy) is 1. The van der Waals surface area contributed by atoms with E-state index in [1.54, 1.807) is 0 Å². The molecule has 0 saturated carbocycles. The third kappa shape index (κ3) is 3.85. The normalized spacial score (nSPS) is 17.6. The molecule has 1 aliphatic rings. The third-order valence-corrected chi connectivity index (χ3v) is 4.43. The molecule has 8 heteroatoms. The third-order valence-electron chi connectivity index (χ3n) is 3.85. The van der Waals surface area contributed by atoms with Gasteiger partial charge in [-0.2, -0.15) is 24.9 Å². The number of halogens is 3. The van der Waals surface area contributed by atoms with Crippen molar-refractivity contribution < 1.29 is 27.5 Å². The summed E-state index contributed by atoms with van der Waals surface area (Å²) in [5, 5.41) is 0. The number of alkyl halides is 3. The summed E-state index contributed by atoms with van der Waals surface area (Å²) in [6, 6.07) is 2.45. The number of carbonyl (C=O) groups excluding carboxylic acids is 2. The predicted octanol–water partition coefficient (Wildman–Crippen LogP) is 4.38. The second-order valence-electron chi connectivity index (χ2n) is 5.40. The molecule has 0 spiro atoms. The smallest absolute Gasteiger partial charge is 0.416 e. The van der Waals surface area contributed by atoms with Crippen molar-refractivity contribution in [1.82, 2.24) is 0 Å². The van der Waals surface area contributed by atoms with Crippen molar-refractivity contribution in [3.05, 3.63) is 29.3 Å². The summed E-state index contributed by atoms with van der Waals surface area (Å²) in [6.07, 6.45) is -2.81. The van der Waals surface area contributed by atoms with Gasteiger partial charge in [0.15, 0.2) is 5.78 Å². The molecule has 0 aliphatic carbocycles. The first-order valence-electron chi connectivity index (χ1n) is 7.49. The van der Waals surface area contributed by atoms with Crippen molar-refractivity contribution in [2.24, 2.45) is 0 Å². The Bertz CT molecular complexity index is 633. The largest absolute Gasteiger partial charge is 0.448 e. The maximum absolute atomic E-state index is 12.9. The molecule has 0 fully saturated rings. The average Bonchev–Trinajstić information content (AvgIpc) is 2.53. The second kappa shape index (κ2) is 7.46. The zero-order valence-electron chi connectivity index (χ0n) is 13.4. The van der Waals surface area contributed by atoms with Gasteiger partial charge < -0.3 is 4.74 Å². The minimum absolute atomic E-state index is 0.0115. The second-order valence-corrected chi connectivity index (χ2v) is 6.38. The van der Waals surface area contributed by atoms with Crippen LogP contribution in [0.4, 0.5) is 23.7 Å². The fourth-order valence-electron chi connectivity index (χ4n) is 2.61. The molecular weight excluding hydrogens is 343 g/mol. The lowest BCUT2D eigenvalue weighted by molar-refractivity contribution is -0.137. The van der Waals surface area contributed by atoms with E-state index in [1.807, 2.05) is 13.2 Å². The number of nitrogens with zero attached hydrogens (tertiary/aromatic N) is 1. The molecule has 1 aromatic rings. The van der Waals surface area contributed by atoms with E-state index in [0.29, 0.717) is 12.2 Å². The molecule has 1 aliphatic heterocycles. The van der Waals surface area contributed by atoms with Gasteiger partial charge in [0, 0.05) is 23.8 Å². The number of anilines is 1. The standard InChI is InChI=1S/C16H18F3NO3S/c1-3-11-9-14(21)12-8-10(16(17,18)19)4-5-13(12)20(11)15(22)23-6-7-24-2/h4-5,8,11H,3,6-7,9H2,1-2H3/t11-/m1/s1. The van der Waals surface area contributed by atoms with Gasteiger partial charge in [-0.3, -0.25) is 9.69 Å². The van der Waals surface area contributed by atoms with Crippen molar-refractivity contribution in [2.45, 2.75) is 32.0 Å². The van der Waals surface area contributed by atoms with Crippen LogP contribution < -0.4 is 4.90 Å². The molecule has 1 atom stereocenters. The summed E-state index contributed by atoms with van der Waals surface area (Å²) in [5.41, 5.74) is -0.808. The molecule has 1 aromatic carbocycles. The quantitative estimate of drug-likeness (QED) is 0.747. The topological polar surface area (TPSA) is 46.6 Å². The lowest BCUT2D eigenvalue weighted by atomic mass is 9.92. The lowest BCUT2D eigenvalue weighted by Crippen LogP contribution is -2.45. The number of thioether (sulfide) groups is 1. The molecule has 4 nitrogen and oxygen atoms in total. The van der Waals surface area contributed by atoms with Crippen LogP contribution >= 0.6 is 11.8 Å².